The van der Waals surface area contributed by atoms with E-state index in [0.717, 1.165) is 12.3 Å². The van der Waals surface area contributed by atoms with Crippen LogP contribution in [0, 0.1) is 11.6 Å². The van der Waals surface area contributed by atoms with E-state index in [9.17, 15) is 17.2 Å². The van der Waals surface area contributed by atoms with E-state index in [2.05, 4.69) is 20.6 Å². The van der Waals surface area contributed by atoms with E-state index in [-0.39, 0.29) is 11.5 Å². The quantitative estimate of drug-likeness (QED) is 0.897. The molecule has 1 aromatic carbocycles. The number of rotatable bonds is 4. The van der Waals surface area contributed by atoms with Crippen LogP contribution in [0.3, 0.4) is 0 Å². The minimum atomic E-state index is -3.83. The van der Waals surface area contributed by atoms with Gasteiger partial charge in [-0.15, -0.1) is 0 Å². The molecule has 0 saturated carbocycles. The lowest BCUT2D eigenvalue weighted by atomic mass is 10.3. The average molecular weight is 314 g/mol. The molecule has 0 amide bonds. The number of halogens is 2. The molecule has 2 aromatic rings. The summed E-state index contributed by atoms with van der Waals surface area (Å²) in [5, 5.41) is 5.34. The fourth-order valence-corrected chi connectivity index (χ4v) is 2.34. The van der Waals surface area contributed by atoms with E-state index in [4.69, 9.17) is 0 Å². The smallest absolute Gasteiger partial charge is 0.178 e. The van der Waals surface area contributed by atoms with Crippen molar-refractivity contribution < 1.29 is 17.2 Å². The molecule has 2 rings (SSSR count). The number of hydrogen-bond donors (Lipinski definition) is 2. The summed E-state index contributed by atoms with van der Waals surface area (Å²) in [7, 11) is -2.19. The maximum absolute atomic E-state index is 13.9. The van der Waals surface area contributed by atoms with Gasteiger partial charge in [0.25, 0.3) is 0 Å². The molecule has 0 aliphatic carbocycles. The fourth-order valence-electron chi connectivity index (χ4n) is 1.61. The first-order chi connectivity index (χ1) is 9.81. The number of hydrogen-bond acceptors (Lipinski definition) is 6. The summed E-state index contributed by atoms with van der Waals surface area (Å²) in [5.41, 5.74) is -0.222. The van der Waals surface area contributed by atoms with Gasteiger partial charge in [-0.3, -0.25) is 0 Å². The minimum Gasteiger partial charge on any atom is -0.373 e. The zero-order valence-electron chi connectivity index (χ0n) is 11.2. The zero-order valence-corrected chi connectivity index (χ0v) is 12.0. The van der Waals surface area contributed by atoms with Crippen LogP contribution in [0.4, 0.5) is 26.1 Å². The van der Waals surface area contributed by atoms with Crippen molar-refractivity contribution in [3.8, 4) is 0 Å². The third kappa shape index (κ3) is 3.43. The van der Waals surface area contributed by atoms with E-state index in [1.165, 1.54) is 12.4 Å². The second kappa shape index (κ2) is 5.60. The standard InChI is InChI=1S/C12H12F2N4O2S/c1-15-11-5-12(17-6-16-11)18-9-3-8(14)10(4-7(9)13)21(2,19)20/h3-6H,1-2H3,(H2,15,16,17,18). The molecule has 0 radical (unpaired) electrons. The zero-order chi connectivity index (χ0) is 15.6. The van der Waals surface area contributed by atoms with E-state index in [1.807, 2.05) is 0 Å². The second-order valence-electron chi connectivity index (χ2n) is 4.20. The Balaban J connectivity index is 2.39. The number of benzene rings is 1. The number of aromatic nitrogens is 2. The molecule has 0 aliphatic heterocycles. The molecule has 0 spiro atoms. The van der Waals surface area contributed by atoms with E-state index in [0.29, 0.717) is 11.9 Å². The Morgan fingerprint density at radius 2 is 1.71 bits per heavy atom. The van der Waals surface area contributed by atoms with Gasteiger partial charge in [-0.2, -0.15) is 0 Å². The molecule has 0 aliphatic rings. The van der Waals surface area contributed by atoms with Gasteiger partial charge in [0.15, 0.2) is 9.84 Å². The van der Waals surface area contributed by atoms with Crippen LogP contribution >= 0.6 is 0 Å². The monoisotopic (exact) mass is 314 g/mol. The van der Waals surface area contributed by atoms with Gasteiger partial charge in [-0.25, -0.2) is 27.2 Å². The SMILES string of the molecule is CNc1cc(Nc2cc(F)c(S(C)(=O)=O)cc2F)ncn1. The van der Waals surface area contributed by atoms with Crippen molar-refractivity contribution in [3.63, 3.8) is 0 Å². The molecule has 2 N–H and O–H groups in total. The first-order valence-electron chi connectivity index (χ1n) is 5.77. The predicted octanol–water partition coefficient (Wildman–Crippen LogP) is 1.94. The third-order valence-electron chi connectivity index (χ3n) is 2.61. The first kappa shape index (κ1) is 15.1. The second-order valence-corrected chi connectivity index (χ2v) is 6.18. The number of nitrogens with zero attached hydrogens (tertiary/aromatic N) is 2. The van der Waals surface area contributed by atoms with Crippen molar-refractivity contribution in [1.29, 1.82) is 0 Å². The van der Waals surface area contributed by atoms with Crippen LogP contribution in [0.5, 0.6) is 0 Å². The summed E-state index contributed by atoms with van der Waals surface area (Å²) in [6.45, 7) is 0. The van der Waals surface area contributed by atoms with Crippen LogP contribution in [0.25, 0.3) is 0 Å². The highest BCUT2D eigenvalue weighted by Crippen LogP contribution is 2.25. The normalized spacial score (nSPS) is 11.2. The van der Waals surface area contributed by atoms with Gasteiger partial charge in [0.2, 0.25) is 0 Å². The molecule has 112 valence electrons. The lowest BCUT2D eigenvalue weighted by Gasteiger charge is -2.09. The molecule has 0 unspecified atom stereocenters. The first-order valence-corrected chi connectivity index (χ1v) is 7.66. The molecular formula is C12H12F2N4O2S. The maximum atomic E-state index is 13.9. The Labute approximate surface area is 120 Å². The Morgan fingerprint density at radius 3 is 2.33 bits per heavy atom. The maximum Gasteiger partial charge on any atom is 0.178 e. The summed E-state index contributed by atoms with van der Waals surface area (Å²) in [5.74, 6) is -1.22. The van der Waals surface area contributed by atoms with Crippen LogP contribution in [0.2, 0.25) is 0 Å². The van der Waals surface area contributed by atoms with Crippen molar-refractivity contribution in [3.05, 3.63) is 36.2 Å². The van der Waals surface area contributed by atoms with Crippen LogP contribution in [0.15, 0.2) is 29.4 Å². The molecule has 6 nitrogen and oxygen atoms in total. The summed E-state index contributed by atoms with van der Waals surface area (Å²) in [4.78, 5) is 7.04. The Morgan fingerprint density at radius 1 is 1.05 bits per heavy atom. The number of sulfone groups is 1. The van der Waals surface area contributed by atoms with Crippen LogP contribution in [-0.4, -0.2) is 31.7 Å². The molecule has 1 aromatic heterocycles. The molecule has 21 heavy (non-hydrogen) atoms. The van der Waals surface area contributed by atoms with E-state index < -0.39 is 26.4 Å². The Hall–Kier alpha value is -2.29. The number of nitrogens with one attached hydrogen (secondary N) is 2. The van der Waals surface area contributed by atoms with E-state index in [1.54, 1.807) is 7.05 Å². The largest absolute Gasteiger partial charge is 0.373 e. The minimum absolute atomic E-state index is 0.222. The third-order valence-corrected chi connectivity index (χ3v) is 3.72. The molecule has 1 heterocycles. The van der Waals surface area contributed by atoms with Crippen molar-refractivity contribution in [2.75, 3.05) is 23.9 Å². The van der Waals surface area contributed by atoms with Crippen molar-refractivity contribution in [2.24, 2.45) is 0 Å². The molecule has 0 saturated heterocycles. The molecular weight excluding hydrogens is 302 g/mol. The molecule has 0 atom stereocenters. The van der Waals surface area contributed by atoms with Crippen LogP contribution in [0.1, 0.15) is 0 Å². The summed E-state index contributed by atoms with van der Waals surface area (Å²) in [6.07, 6.45) is 2.05. The fraction of sp³-hybridized carbons (Fsp3) is 0.167. The average Bonchev–Trinajstić information content (AvgIpc) is 2.41. The molecule has 0 bridgehead atoms. The summed E-state index contributed by atoms with van der Waals surface area (Å²) in [6, 6.07) is 2.89. The molecule has 0 fully saturated rings. The lowest BCUT2D eigenvalue weighted by molar-refractivity contribution is 0.558. The highest BCUT2D eigenvalue weighted by molar-refractivity contribution is 7.90. The predicted molar refractivity (Wildman–Crippen MR) is 74.3 cm³/mol. The summed E-state index contributed by atoms with van der Waals surface area (Å²) >= 11 is 0. The Kier molecular flexibility index (Phi) is 4.03. The lowest BCUT2D eigenvalue weighted by Crippen LogP contribution is -2.05. The topological polar surface area (TPSA) is 84.0 Å². The highest BCUT2D eigenvalue weighted by Gasteiger charge is 2.18. The van der Waals surface area contributed by atoms with Gasteiger partial charge >= 0.3 is 0 Å². The summed E-state index contributed by atoms with van der Waals surface area (Å²) < 4.78 is 50.2. The van der Waals surface area contributed by atoms with Gasteiger partial charge in [0, 0.05) is 25.4 Å². The number of anilines is 3. The van der Waals surface area contributed by atoms with Crippen LogP contribution < -0.4 is 10.6 Å². The van der Waals surface area contributed by atoms with Gasteiger partial charge in [-0.1, -0.05) is 0 Å². The van der Waals surface area contributed by atoms with Crippen molar-refractivity contribution in [1.82, 2.24) is 9.97 Å². The van der Waals surface area contributed by atoms with Crippen molar-refractivity contribution in [2.45, 2.75) is 4.90 Å². The van der Waals surface area contributed by atoms with Gasteiger partial charge in [0.1, 0.15) is 34.5 Å². The highest BCUT2D eigenvalue weighted by atomic mass is 32.2. The van der Waals surface area contributed by atoms with E-state index >= 15 is 0 Å². The van der Waals surface area contributed by atoms with Crippen LogP contribution in [-0.2, 0) is 9.84 Å². The Bertz CT molecular complexity index is 781. The van der Waals surface area contributed by atoms with Gasteiger partial charge in [0.05, 0.1) is 5.69 Å². The van der Waals surface area contributed by atoms with Gasteiger partial charge < -0.3 is 10.6 Å². The van der Waals surface area contributed by atoms with Gasteiger partial charge in [-0.05, 0) is 6.07 Å². The molecule has 9 heteroatoms. The van der Waals surface area contributed by atoms with Crippen molar-refractivity contribution >= 4 is 27.2 Å².